The number of aryl methyl sites for hydroxylation is 1. The van der Waals surface area contributed by atoms with E-state index in [-0.39, 0.29) is 43.1 Å². The summed E-state index contributed by atoms with van der Waals surface area (Å²) < 4.78 is 26.4. The molecule has 27 heavy (non-hydrogen) atoms. The van der Waals surface area contributed by atoms with Crippen LogP contribution in [0.25, 0.3) is 0 Å². The summed E-state index contributed by atoms with van der Waals surface area (Å²) in [6, 6.07) is 10.3. The zero-order valence-corrected chi connectivity index (χ0v) is 15.4. The third-order valence-corrected chi connectivity index (χ3v) is 4.04. The van der Waals surface area contributed by atoms with Crippen LogP contribution < -0.4 is 10.6 Å². The average molecular weight is 375 g/mol. The molecule has 0 saturated carbocycles. The van der Waals surface area contributed by atoms with Crippen LogP contribution in [0.5, 0.6) is 0 Å². The number of hydrogen-bond donors (Lipinski definition) is 2. The SMILES string of the molecule is CCN(CC(=O)NCc1ccc(F)cc1)CC(=O)Nc1ccc(C)c(F)c1. The molecule has 0 unspecified atom stereocenters. The van der Waals surface area contributed by atoms with E-state index in [9.17, 15) is 18.4 Å². The zero-order valence-electron chi connectivity index (χ0n) is 15.4. The minimum atomic E-state index is -0.389. The molecule has 0 aliphatic heterocycles. The molecule has 0 spiro atoms. The fourth-order valence-electron chi connectivity index (χ4n) is 2.42. The largest absolute Gasteiger partial charge is 0.351 e. The van der Waals surface area contributed by atoms with Crippen molar-refractivity contribution >= 4 is 17.5 Å². The lowest BCUT2D eigenvalue weighted by Gasteiger charge is -2.19. The second-order valence-corrected chi connectivity index (χ2v) is 6.22. The Hall–Kier alpha value is -2.80. The van der Waals surface area contributed by atoms with Gasteiger partial charge in [-0.3, -0.25) is 14.5 Å². The fourth-order valence-corrected chi connectivity index (χ4v) is 2.42. The topological polar surface area (TPSA) is 61.4 Å². The molecule has 2 aromatic carbocycles. The number of nitrogens with zero attached hydrogens (tertiary/aromatic N) is 1. The maximum Gasteiger partial charge on any atom is 0.238 e. The molecule has 2 aromatic rings. The van der Waals surface area contributed by atoms with Crippen molar-refractivity contribution in [3.05, 3.63) is 65.2 Å². The fraction of sp³-hybridized carbons (Fsp3) is 0.300. The first-order valence-electron chi connectivity index (χ1n) is 8.67. The average Bonchev–Trinajstić information content (AvgIpc) is 2.63. The van der Waals surface area contributed by atoms with Gasteiger partial charge in [-0.25, -0.2) is 8.78 Å². The Balaban J connectivity index is 1.80. The van der Waals surface area contributed by atoms with Crippen LogP contribution in [-0.2, 0) is 16.1 Å². The number of benzene rings is 2. The summed E-state index contributed by atoms with van der Waals surface area (Å²) in [6.45, 7) is 4.32. The molecule has 0 radical (unpaired) electrons. The molecule has 0 aromatic heterocycles. The van der Waals surface area contributed by atoms with Crippen LogP contribution in [-0.4, -0.2) is 36.3 Å². The van der Waals surface area contributed by atoms with Gasteiger partial charge in [-0.05, 0) is 48.9 Å². The third kappa shape index (κ3) is 6.79. The zero-order chi connectivity index (χ0) is 19.8. The van der Waals surface area contributed by atoms with E-state index in [4.69, 9.17) is 0 Å². The summed E-state index contributed by atoms with van der Waals surface area (Å²) in [4.78, 5) is 25.9. The van der Waals surface area contributed by atoms with Gasteiger partial charge in [-0.2, -0.15) is 0 Å². The van der Waals surface area contributed by atoms with Crippen molar-refractivity contribution in [1.29, 1.82) is 0 Å². The summed E-state index contributed by atoms with van der Waals surface area (Å²) in [5, 5.41) is 5.36. The van der Waals surface area contributed by atoms with Crippen molar-refractivity contribution in [3.8, 4) is 0 Å². The molecular formula is C20H23F2N3O2. The lowest BCUT2D eigenvalue weighted by molar-refractivity contribution is -0.123. The van der Waals surface area contributed by atoms with Crippen molar-refractivity contribution in [3.63, 3.8) is 0 Å². The lowest BCUT2D eigenvalue weighted by atomic mass is 10.2. The molecule has 0 aliphatic rings. The molecule has 144 valence electrons. The van der Waals surface area contributed by atoms with Gasteiger partial charge < -0.3 is 10.6 Å². The molecule has 7 heteroatoms. The lowest BCUT2D eigenvalue weighted by Crippen LogP contribution is -2.40. The number of carbonyl (C=O) groups excluding carboxylic acids is 2. The summed E-state index contributed by atoms with van der Waals surface area (Å²) in [5.41, 5.74) is 1.66. The summed E-state index contributed by atoms with van der Waals surface area (Å²) in [5.74, 6) is -1.29. The van der Waals surface area contributed by atoms with Crippen LogP contribution >= 0.6 is 0 Å². The number of amides is 2. The van der Waals surface area contributed by atoms with Gasteiger partial charge in [0.1, 0.15) is 11.6 Å². The minimum Gasteiger partial charge on any atom is -0.351 e. The number of rotatable bonds is 8. The second-order valence-electron chi connectivity index (χ2n) is 6.22. The highest BCUT2D eigenvalue weighted by Gasteiger charge is 2.13. The summed E-state index contributed by atoms with van der Waals surface area (Å²) in [7, 11) is 0. The standard InChI is InChI=1S/C20H23F2N3O2/c1-3-25(12-19(26)23-11-15-5-7-16(21)8-6-15)13-20(27)24-17-9-4-14(2)18(22)10-17/h4-10H,3,11-13H2,1-2H3,(H,23,26)(H,24,27). The molecule has 2 amide bonds. The Morgan fingerprint density at radius 3 is 2.30 bits per heavy atom. The van der Waals surface area contributed by atoms with Crippen molar-refractivity contribution in [2.75, 3.05) is 25.0 Å². The Morgan fingerprint density at radius 2 is 1.67 bits per heavy atom. The number of hydrogen-bond acceptors (Lipinski definition) is 3. The monoisotopic (exact) mass is 375 g/mol. The van der Waals surface area contributed by atoms with Gasteiger partial charge in [0.2, 0.25) is 11.8 Å². The predicted molar refractivity (Wildman–Crippen MR) is 100 cm³/mol. The molecule has 0 atom stereocenters. The normalized spacial score (nSPS) is 10.7. The Morgan fingerprint density at radius 1 is 1.00 bits per heavy atom. The van der Waals surface area contributed by atoms with Gasteiger partial charge in [-0.15, -0.1) is 0 Å². The number of likely N-dealkylation sites (N-methyl/N-ethyl adjacent to an activating group) is 1. The molecule has 0 bridgehead atoms. The van der Waals surface area contributed by atoms with Crippen molar-refractivity contribution in [1.82, 2.24) is 10.2 Å². The summed E-state index contributed by atoms with van der Waals surface area (Å²) in [6.07, 6.45) is 0. The van der Waals surface area contributed by atoms with E-state index in [1.54, 1.807) is 36.1 Å². The van der Waals surface area contributed by atoms with E-state index in [1.807, 2.05) is 6.92 Å². The van der Waals surface area contributed by atoms with Gasteiger partial charge >= 0.3 is 0 Å². The van der Waals surface area contributed by atoms with Crippen molar-refractivity contribution < 1.29 is 18.4 Å². The van der Waals surface area contributed by atoms with E-state index in [0.717, 1.165) is 5.56 Å². The molecule has 0 saturated heterocycles. The van der Waals surface area contributed by atoms with Crippen molar-refractivity contribution in [2.24, 2.45) is 0 Å². The number of carbonyl (C=O) groups is 2. The Labute approximate surface area is 157 Å². The van der Waals surface area contributed by atoms with E-state index in [2.05, 4.69) is 10.6 Å². The molecule has 2 rings (SSSR count). The van der Waals surface area contributed by atoms with E-state index >= 15 is 0 Å². The number of halogens is 2. The van der Waals surface area contributed by atoms with Crippen LogP contribution in [0, 0.1) is 18.6 Å². The van der Waals surface area contributed by atoms with Crippen LogP contribution in [0.3, 0.4) is 0 Å². The maximum absolute atomic E-state index is 13.5. The maximum atomic E-state index is 13.5. The van der Waals surface area contributed by atoms with Gasteiger partial charge in [0.05, 0.1) is 13.1 Å². The first kappa shape index (κ1) is 20.5. The van der Waals surface area contributed by atoms with Crippen molar-refractivity contribution in [2.45, 2.75) is 20.4 Å². The van der Waals surface area contributed by atoms with E-state index in [1.165, 1.54) is 18.2 Å². The quantitative estimate of drug-likeness (QED) is 0.746. The molecule has 2 N–H and O–H groups in total. The van der Waals surface area contributed by atoms with E-state index in [0.29, 0.717) is 17.8 Å². The van der Waals surface area contributed by atoms with Gasteiger partial charge in [0, 0.05) is 12.2 Å². The molecular weight excluding hydrogens is 352 g/mol. The Bertz CT molecular complexity index is 794. The first-order chi connectivity index (χ1) is 12.9. The second kappa shape index (κ2) is 9.78. The number of anilines is 1. The van der Waals surface area contributed by atoms with Crippen LogP contribution in [0.15, 0.2) is 42.5 Å². The van der Waals surface area contributed by atoms with Crippen LogP contribution in [0.4, 0.5) is 14.5 Å². The van der Waals surface area contributed by atoms with Gasteiger partial charge in [0.25, 0.3) is 0 Å². The molecule has 5 nitrogen and oxygen atoms in total. The smallest absolute Gasteiger partial charge is 0.238 e. The predicted octanol–water partition coefficient (Wildman–Crippen LogP) is 2.85. The third-order valence-electron chi connectivity index (χ3n) is 4.04. The van der Waals surface area contributed by atoms with E-state index < -0.39 is 0 Å². The van der Waals surface area contributed by atoms with Gasteiger partial charge in [-0.1, -0.05) is 25.1 Å². The molecule has 0 aliphatic carbocycles. The summed E-state index contributed by atoms with van der Waals surface area (Å²) >= 11 is 0. The van der Waals surface area contributed by atoms with Gasteiger partial charge in [0.15, 0.2) is 0 Å². The number of nitrogens with one attached hydrogen (secondary N) is 2. The highest BCUT2D eigenvalue weighted by molar-refractivity contribution is 5.92. The highest BCUT2D eigenvalue weighted by Crippen LogP contribution is 2.13. The molecule has 0 fully saturated rings. The Kier molecular flexibility index (Phi) is 7.43. The van der Waals surface area contributed by atoms with Crippen LogP contribution in [0.1, 0.15) is 18.1 Å². The van der Waals surface area contributed by atoms with Crippen LogP contribution in [0.2, 0.25) is 0 Å². The molecule has 0 heterocycles. The highest BCUT2D eigenvalue weighted by atomic mass is 19.1. The first-order valence-corrected chi connectivity index (χ1v) is 8.67. The minimum absolute atomic E-state index is 0.00988.